The van der Waals surface area contributed by atoms with E-state index in [9.17, 15) is 8.78 Å². The van der Waals surface area contributed by atoms with Crippen LogP contribution in [0.25, 0.3) is 11.0 Å². The molecule has 3 nitrogen and oxygen atoms in total. The first-order valence-corrected chi connectivity index (χ1v) is 6.72. The van der Waals surface area contributed by atoms with Crippen molar-refractivity contribution in [2.45, 2.75) is 19.4 Å². The zero-order valence-corrected chi connectivity index (χ0v) is 11.1. The number of hydrogen-bond acceptors (Lipinski definition) is 2. The molecule has 0 bridgehead atoms. The number of fused-ring (bicyclic) bond motifs is 1. The van der Waals surface area contributed by atoms with Crippen molar-refractivity contribution in [3.05, 3.63) is 28.5 Å². The van der Waals surface area contributed by atoms with E-state index in [1.165, 1.54) is 18.9 Å². The summed E-state index contributed by atoms with van der Waals surface area (Å²) in [7, 11) is 0. The monoisotopic (exact) mass is 284 g/mol. The number of imidazole rings is 1. The molecule has 1 aliphatic rings. The molecule has 19 heavy (non-hydrogen) atoms. The van der Waals surface area contributed by atoms with Gasteiger partial charge in [0.15, 0.2) is 16.4 Å². The van der Waals surface area contributed by atoms with E-state index < -0.39 is 11.6 Å². The molecule has 0 amide bonds. The number of nitrogens with one attached hydrogen (secondary N) is 1. The van der Waals surface area contributed by atoms with Crippen molar-refractivity contribution in [2.75, 3.05) is 13.2 Å². The minimum absolute atomic E-state index is 0.181. The zero-order chi connectivity index (χ0) is 13.4. The van der Waals surface area contributed by atoms with Crippen molar-refractivity contribution < 1.29 is 13.5 Å². The maximum atomic E-state index is 13.8. The van der Waals surface area contributed by atoms with Gasteiger partial charge in [-0.2, -0.15) is 0 Å². The van der Waals surface area contributed by atoms with Crippen molar-refractivity contribution >= 4 is 23.3 Å². The fourth-order valence-corrected chi connectivity index (χ4v) is 2.39. The summed E-state index contributed by atoms with van der Waals surface area (Å²) < 4.78 is 34.5. The van der Waals surface area contributed by atoms with Crippen LogP contribution in [0.4, 0.5) is 8.78 Å². The third-order valence-corrected chi connectivity index (χ3v) is 3.66. The molecule has 102 valence electrons. The SMILES string of the molecule is Fc1ccc2[nH]c(=S)n(CCOCC3CC3)c2c1F. The Kier molecular flexibility index (Phi) is 3.36. The lowest BCUT2D eigenvalue weighted by atomic mass is 10.3. The number of nitrogens with zero attached hydrogens (tertiary/aromatic N) is 1. The quantitative estimate of drug-likeness (QED) is 0.673. The molecule has 0 unspecified atom stereocenters. The van der Waals surface area contributed by atoms with Crippen LogP contribution in [0.3, 0.4) is 0 Å². The maximum absolute atomic E-state index is 13.8. The first kappa shape index (κ1) is 12.7. The van der Waals surface area contributed by atoms with Crippen LogP contribution in [0.5, 0.6) is 0 Å². The summed E-state index contributed by atoms with van der Waals surface area (Å²) in [5.41, 5.74) is 0.686. The lowest BCUT2D eigenvalue weighted by Gasteiger charge is -2.06. The van der Waals surface area contributed by atoms with Gasteiger partial charge in [-0.25, -0.2) is 8.78 Å². The van der Waals surface area contributed by atoms with Crippen LogP contribution in [0.15, 0.2) is 12.1 Å². The van der Waals surface area contributed by atoms with Gasteiger partial charge in [-0.05, 0) is 43.1 Å². The first-order chi connectivity index (χ1) is 9.16. The summed E-state index contributed by atoms with van der Waals surface area (Å²) in [6.45, 7) is 1.62. The Morgan fingerprint density at radius 1 is 1.37 bits per heavy atom. The van der Waals surface area contributed by atoms with Gasteiger partial charge >= 0.3 is 0 Å². The van der Waals surface area contributed by atoms with Gasteiger partial charge in [0.1, 0.15) is 5.52 Å². The van der Waals surface area contributed by atoms with E-state index in [4.69, 9.17) is 17.0 Å². The van der Waals surface area contributed by atoms with Gasteiger partial charge in [-0.1, -0.05) is 0 Å². The standard InChI is InChI=1S/C13H14F2N2OS/c14-9-3-4-10-12(11(9)15)17(13(19)16-10)5-6-18-7-8-1-2-8/h3-4,8H,1-2,5-7H2,(H,16,19). The second-order valence-corrected chi connectivity index (χ2v) is 5.24. The van der Waals surface area contributed by atoms with Gasteiger partial charge in [0, 0.05) is 13.2 Å². The smallest absolute Gasteiger partial charge is 0.184 e. The predicted molar refractivity (Wildman–Crippen MR) is 70.6 cm³/mol. The van der Waals surface area contributed by atoms with Crippen LogP contribution in [-0.4, -0.2) is 22.8 Å². The molecule has 1 aromatic heterocycles. The summed E-state index contributed by atoms with van der Waals surface area (Å²) in [6, 6.07) is 2.59. The molecule has 1 aromatic carbocycles. The number of halogens is 2. The van der Waals surface area contributed by atoms with Gasteiger partial charge in [0.25, 0.3) is 0 Å². The molecule has 0 aliphatic heterocycles. The average Bonchev–Trinajstić information content (AvgIpc) is 3.15. The lowest BCUT2D eigenvalue weighted by Crippen LogP contribution is -2.08. The first-order valence-electron chi connectivity index (χ1n) is 6.31. The van der Waals surface area contributed by atoms with Crippen molar-refractivity contribution in [1.82, 2.24) is 9.55 Å². The van der Waals surface area contributed by atoms with Crippen LogP contribution < -0.4 is 0 Å². The summed E-state index contributed by atoms with van der Waals surface area (Å²) >= 11 is 5.13. The van der Waals surface area contributed by atoms with Gasteiger partial charge in [0.2, 0.25) is 0 Å². The molecule has 1 N–H and O–H groups in total. The molecule has 3 rings (SSSR count). The molecule has 0 saturated heterocycles. The van der Waals surface area contributed by atoms with E-state index in [0.717, 1.165) is 12.7 Å². The Labute approximate surface area is 114 Å². The van der Waals surface area contributed by atoms with E-state index in [0.29, 0.717) is 29.4 Å². The Morgan fingerprint density at radius 2 is 2.16 bits per heavy atom. The number of ether oxygens (including phenoxy) is 1. The molecule has 1 heterocycles. The molecule has 1 saturated carbocycles. The topological polar surface area (TPSA) is 29.9 Å². The highest BCUT2D eigenvalue weighted by molar-refractivity contribution is 7.71. The number of aromatic nitrogens is 2. The van der Waals surface area contributed by atoms with Crippen LogP contribution in [0, 0.1) is 22.3 Å². The Bertz CT molecular complexity index is 660. The summed E-state index contributed by atoms with van der Waals surface area (Å²) in [5, 5.41) is 0. The van der Waals surface area contributed by atoms with E-state index in [-0.39, 0.29) is 5.52 Å². The normalized spacial score (nSPS) is 15.3. The Hall–Kier alpha value is -1.27. The van der Waals surface area contributed by atoms with E-state index >= 15 is 0 Å². The lowest BCUT2D eigenvalue weighted by molar-refractivity contribution is 0.117. The Morgan fingerprint density at radius 3 is 2.89 bits per heavy atom. The van der Waals surface area contributed by atoms with E-state index in [2.05, 4.69) is 4.98 Å². The summed E-state index contributed by atoms with van der Waals surface area (Å²) in [4.78, 5) is 2.87. The maximum Gasteiger partial charge on any atom is 0.184 e. The zero-order valence-electron chi connectivity index (χ0n) is 10.3. The molecular weight excluding hydrogens is 270 g/mol. The highest BCUT2D eigenvalue weighted by atomic mass is 32.1. The van der Waals surface area contributed by atoms with Crippen molar-refractivity contribution in [1.29, 1.82) is 0 Å². The molecular formula is C13H14F2N2OS. The highest BCUT2D eigenvalue weighted by Crippen LogP contribution is 2.28. The molecule has 1 fully saturated rings. The number of aromatic amines is 1. The van der Waals surface area contributed by atoms with Crippen LogP contribution in [0.1, 0.15) is 12.8 Å². The fraction of sp³-hybridized carbons (Fsp3) is 0.462. The van der Waals surface area contributed by atoms with Crippen LogP contribution in [0.2, 0.25) is 0 Å². The Balaban J connectivity index is 1.82. The van der Waals surface area contributed by atoms with Gasteiger partial charge < -0.3 is 14.3 Å². The molecule has 1 aliphatic carbocycles. The third kappa shape index (κ3) is 2.55. The average molecular weight is 284 g/mol. The molecule has 0 atom stereocenters. The minimum atomic E-state index is -0.868. The van der Waals surface area contributed by atoms with Crippen molar-refractivity contribution in [3.63, 3.8) is 0 Å². The number of benzene rings is 1. The number of rotatable bonds is 5. The van der Waals surface area contributed by atoms with Gasteiger partial charge in [0.05, 0.1) is 12.1 Å². The molecule has 0 spiro atoms. The van der Waals surface area contributed by atoms with E-state index in [1.807, 2.05) is 0 Å². The van der Waals surface area contributed by atoms with Crippen LogP contribution in [-0.2, 0) is 11.3 Å². The fourth-order valence-electron chi connectivity index (χ4n) is 2.09. The highest BCUT2D eigenvalue weighted by Gasteiger charge is 2.21. The number of H-pyrrole nitrogens is 1. The molecule has 2 aromatic rings. The minimum Gasteiger partial charge on any atom is -0.379 e. The third-order valence-electron chi connectivity index (χ3n) is 3.34. The van der Waals surface area contributed by atoms with Crippen LogP contribution >= 0.6 is 12.2 Å². The van der Waals surface area contributed by atoms with Gasteiger partial charge in [-0.3, -0.25) is 0 Å². The second kappa shape index (κ2) is 5.02. The predicted octanol–water partition coefficient (Wildman–Crippen LogP) is 3.40. The van der Waals surface area contributed by atoms with Crippen molar-refractivity contribution in [3.8, 4) is 0 Å². The number of hydrogen-bond donors (Lipinski definition) is 1. The molecule has 0 radical (unpaired) electrons. The summed E-state index contributed by atoms with van der Waals surface area (Å²) in [6.07, 6.45) is 2.46. The summed E-state index contributed by atoms with van der Waals surface area (Å²) in [5.74, 6) is -1.05. The molecule has 6 heteroatoms. The largest absolute Gasteiger partial charge is 0.379 e. The second-order valence-electron chi connectivity index (χ2n) is 4.86. The van der Waals surface area contributed by atoms with Crippen molar-refractivity contribution in [2.24, 2.45) is 5.92 Å². The van der Waals surface area contributed by atoms with E-state index in [1.54, 1.807) is 4.57 Å². The van der Waals surface area contributed by atoms with Gasteiger partial charge in [-0.15, -0.1) is 0 Å².